The van der Waals surface area contributed by atoms with Crippen molar-refractivity contribution in [2.24, 2.45) is 5.73 Å². The van der Waals surface area contributed by atoms with Crippen LogP contribution in [-0.4, -0.2) is 5.84 Å². The van der Waals surface area contributed by atoms with Crippen LogP contribution in [0, 0.1) is 5.82 Å². The molecule has 10 heavy (non-hydrogen) atoms. The van der Waals surface area contributed by atoms with Crippen molar-refractivity contribution >= 4 is 5.84 Å². The minimum absolute atomic E-state index is 0.138. The van der Waals surface area contributed by atoms with Gasteiger partial charge in [-0.05, 0) is 18.2 Å². The van der Waals surface area contributed by atoms with Crippen LogP contribution < -0.4 is 11.1 Å². The maximum Gasteiger partial charge on any atom is 0.270 e. The zero-order chi connectivity index (χ0) is 7.56. The quantitative estimate of drug-likeness (QED) is 0.392. The van der Waals surface area contributed by atoms with Crippen molar-refractivity contribution in [3.8, 4) is 0 Å². The van der Waals surface area contributed by atoms with Gasteiger partial charge in [-0.3, -0.25) is 11.1 Å². The first-order valence-corrected chi connectivity index (χ1v) is 2.84. The zero-order valence-corrected chi connectivity index (χ0v) is 5.34. The molecule has 0 aliphatic carbocycles. The van der Waals surface area contributed by atoms with E-state index in [9.17, 15) is 4.39 Å². The van der Waals surface area contributed by atoms with Crippen molar-refractivity contribution in [2.45, 2.75) is 0 Å². The molecule has 0 amide bonds. The number of amidine groups is 1. The molecule has 0 spiro atoms. The highest BCUT2D eigenvalue weighted by Crippen LogP contribution is 2.00. The molecule has 0 fully saturated rings. The summed E-state index contributed by atoms with van der Waals surface area (Å²) >= 11 is 0. The molecule has 0 bridgehead atoms. The molecule has 0 heterocycles. The summed E-state index contributed by atoms with van der Waals surface area (Å²) in [6, 6.07) is 5.84. The summed E-state index contributed by atoms with van der Waals surface area (Å²) in [5.74, 6) is -0.189. The fourth-order valence-corrected chi connectivity index (χ4v) is 0.668. The van der Waals surface area contributed by atoms with Crippen LogP contribution in [-0.2, 0) is 0 Å². The summed E-state index contributed by atoms with van der Waals surface area (Å²) in [6.07, 6.45) is 0. The van der Waals surface area contributed by atoms with Crippen molar-refractivity contribution < 1.29 is 9.80 Å². The van der Waals surface area contributed by atoms with Gasteiger partial charge in [0.15, 0.2) is 0 Å². The number of hydrogen-bond acceptors (Lipinski definition) is 0. The van der Waals surface area contributed by atoms with Crippen LogP contribution >= 0.6 is 0 Å². The summed E-state index contributed by atoms with van der Waals surface area (Å²) in [5.41, 5.74) is 5.74. The molecule has 0 atom stereocenters. The third kappa shape index (κ3) is 1.31. The second-order valence-electron chi connectivity index (χ2n) is 1.97. The van der Waals surface area contributed by atoms with E-state index < -0.39 is 0 Å². The normalized spacial score (nSPS) is 9.30. The molecule has 2 nitrogen and oxygen atoms in total. The van der Waals surface area contributed by atoms with Gasteiger partial charge >= 0.3 is 0 Å². The molecule has 0 saturated heterocycles. The Morgan fingerprint density at radius 1 is 1.50 bits per heavy atom. The Bertz CT molecular complexity index is 258. The van der Waals surface area contributed by atoms with E-state index in [2.05, 4.69) is 0 Å². The third-order valence-corrected chi connectivity index (χ3v) is 1.16. The molecule has 1 aromatic rings. The number of benzene rings is 1. The monoisotopic (exact) mass is 139 g/mol. The van der Waals surface area contributed by atoms with Gasteiger partial charge in [-0.1, -0.05) is 6.07 Å². The molecule has 52 valence electrons. The Kier molecular flexibility index (Phi) is 1.67. The lowest BCUT2D eigenvalue weighted by molar-refractivity contribution is -0.114. The smallest absolute Gasteiger partial charge is 0.270 e. The van der Waals surface area contributed by atoms with Gasteiger partial charge < -0.3 is 0 Å². The van der Waals surface area contributed by atoms with Crippen LogP contribution in [0.1, 0.15) is 5.56 Å². The number of halogens is 1. The van der Waals surface area contributed by atoms with Gasteiger partial charge in [0.2, 0.25) is 0 Å². The van der Waals surface area contributed by atoms with Gasteiger partial charge in [-0.25, -0.2) is 4.39 Å². The van der Waals surface area contributed by atoms with Crippen molar-refractivity contribution in [3.05, 3.63) is 35.6 Å². The van der Waals surface area contributed by atoms with Crippen molar-refractivity contribution in [1.82, 2.24) is 0 Å². The zero-order valence-electron chi connectivity index (χ0n) is 5.34. The molecule has 3 heteroatoms. The summed E-state index contributed by atoms with van der Waals surface area (Å²) in [5, 5.41) is 5.21. The van der Waals surface area contributed by atoms with Crippen LogP contribution in [0.25, 0.3) is 0 Å². The van der Waals surface area contributed by atoms with Gasteiger partial charge in [0, 0.05) is 0 Å². The molecule has 0 aliphatic rings. The van der Waals surface area contributed by atoms with Crippen LogP contribution in [0.4, 0.5) is 4.39 Å². The SMILES string of the molecule is NC(=[NH2+])c1cccc(F)c1. The van der Waals surface area contributed by atoms with E-state index in [4.69, 9.17) is 11.1 Å². The van der Waals surface area contributed by atoms with Gasteiger partial charge in [0.05, 0.1) is 5.56 Å². The summed E-state index contributed by atoms with van der Waals surface area (Å²) in [7, 11) is 0. The van der Waals surface area contributed by atoms with Crippen molar-refractivity contribution in [2.75, 3.05) is 0 Å². The van der Waals surface area contributed by atoms with E-state index in [1.165, 1.54) is 12.1 Å². The molecule has 0 aromatic heterocycles. The molecule has 1 aromatic carbocycles. The van der Waals surface area contributed by atoms with E-state index in [1.54, 1.807) is 12.1 Å². The lowest BCUT2D eigenvalue weighted by Gasteiger charge is -1.90. The average Bonchev–Trinajstić information content (AvgIpc) is 1.88. The Morgan fingerprint density at radius 2 is 2.20 bits per heavy atom. The number of hydrogen-bond donors (Lipinski definition) is 2. The first-order chi connectivity index (χ1) is 4.70. The van der Waals surface area contributed by atoms with Gasteiger partial charge in [-0.2, -0.15) is 0 Å². The molecular formula is C7H8FN2+. The standard InChI is InChI=1S/C7H7FN2/c8-6-3-1-2-5(4-6)7(9)10/h1-4H,(H3,9,10)/p+1. The second kappa shape index (κ2) is 2.47. The fraction of sp³-hybridized carbons (Fsp3) is 0. The highest BCUT2D eigenvalue weighted by atomic mass is 19.1. The molecule has 0 saturated carbocycles. The van der Waals surface area contributed by atoms with E-state index in [1.807, 2.05) is 0 Å². The first kappa shape index (κ1) is 6.74. The summed E-state index contributed by atoms with van der Waals surface area (Å²) in [4.78, 5) is 0. The molecule has 0 aliphatic heterocycles. The lowest BCUT2D eigenvalue weighted by atomic mass is 10.2. The largest absolute Gasteiger partial charge is 0.287 e. The predicted molar refractivity (Wildman–Crippen MR) is 36.6 cm³/mol. The van der Waals surface area contributed by atoms with E-state index in [0.717, 1.165) is 0 Å². The summed E-state index contributed by atoms with van der Waals surface area (Å²) < 4.78 is 12.4. The topological polar surface area (TPSA) is 51.6 Å². The first-order valence-electron chi connectivity index (χ1n) is 2.84. The predicted octanol–water partition coefficient (Wildman–Crippen LogP) is -0.710. The van der Waals surface area contributed by atoms with Crippen molar-refractivity contribution in [3.63, 3.8) is 0 Å². The minimum Gasteiger partial charge on any atom is -0.287 e. The summed E-state index contributed by atoms with van der Waals surface area (Å²) in [6.45, 7) is 0. The van der Waals surface area contributed by atoms with E-state index >= 15 is 0 Å². The lowest BCUT2D eigenvalue weighted by Crippen LogP contribution is -2.46. The van der Waals surface area contributed by atoms with Gasteiger partial charge in [-0.15, -0.1) is 0 Å². The minimum atomic E-state index is -0.328. The van der Waals surface area contributed by atoms with Crippen LogP contribution in [0.2, 0.25) is 0 Å². The maximum atomic E-state index is 12.4. The van der Waals surface area contributed by atoms with E-state index in [-0.39, 0.29) is 11.7 Å². The second-order valence-corrected chi connectivity index (χ2v) is 1.97. The third-order valence-electron chi connectivity index (χ3n) is 1.16. The Labute approximate surface area is 58.0 Å². The molecule has 4 N–H and O–H groups in total. The molecule has 1 rings (SSSR count). The average molecular weight is 139 g/mol. The highest BCUT2D eigenvalue weighted by Gasteiger charge is 2.00. The highest BCUT2D eigenvalue weighted by molar-refractivity contribution is 5.92. The van der Waals surface area contributed by atoms with Crippen LogP contribution in [0.3, 0.4) is 0 Å². The fourth-order valence-electron chi connectivity index (χ4n) is 0.668. The van der Waals surface area contributed by atoms with E-state index in [0.29, 0.717) is 5.56 Å². The molecular weight excluding hydrogens is 131 g/mol. The molecule has 0 unspecified atom stereocenters. The van der Waals surface area contributed by atoms with Crippen molar-refractivity contribution in [1.29, 1.82) is 0 Å². The number of rotatable bonds is 1. The van der Waals surface area contributed by atoms with Crippen LogP contribution in [0.5, 0.6) is 0 Å². The van der Waals surface area contributed by atoms with Gasteiger partial charge in [0.1, 0.15) is 5.82 Å². The Balaban J connectivity index is 3.07. The maximum absolute atomic E-state index is 12.4. The molecule has 0 radical (unpaired) electrons. The Morgan fingerprint density at radius 3 is 2.60 bits per heavy atom. The Hall–Kier alpha value is -1.38. The van der Waals surface area contributed by atoms with Crippen LogP contribution in [0.15, 0.2) is 24.3 Å². The van der Waals surface area contributed by atoms with Gasteiger partial charge in [0.25, 0.3) is 5.84 Å². The number of nitrogens with two attached hydrogens (primary N) is 2.